The number of nitrogens with zero attached hydrogens (tertiary/aromatic N) is 2. The molecule has 0 spiro atoms. The van der Waals surface area contributed by atoms with Gasteiger partial charge in [-0.05, 0) is 36.8 Å². The first-order valence-electron chi connectivity index (χ1n) is 9.03. The summed E-state index contributed by atoms with van der Waals surface area (Å²) in [6.45, 7) is 8.90. The SMILES string of the molecule is CCC(C)c1ccc(C(CC)NC(=O)CCn2cc(Cl)c(C)n2)cc1. The van der Waals surface area contributed by atoms with E-state index in [0.29, 0.717) is 23.9 Å². The molecule has 0 aliphatic rings. The summed E-state index contributed by atoms with van der Waals surface area (Å²) in [4.78, 5) is 12.3. The smallest absolute Gasteiger partial charge is 0.222 e. The van der Waals surface area contributed by atoms with E-state index >= 15 is 0 Å². The van der Waals surface area contributed by atoms with Gasteiger partial charge in [-0.1, -0.05) is 56.6 Å². The van der Waals surface area contributed by atoms with E-state index in [1.165, 1.54) is 5.56 Å². The Morgan fingerprint density at radius 3 is 2.36 bits per heavy atom. The van der Waals surface area contributed by atoms with Crippen LogP contribution in [0.5, 0.6) is 0 Å². The van der Waals surface area contributed by atoms with Crippen LogP contribution in [0.1, 0.15) is 68.8 Å². The lowest BCUT2D eigenvalue weighted by atomic mass is 9.95. The van der Waals surface area contributed by atoms with Crippen molar-refractivity contribution >= 4 is 17.5 Å². The Morgan fingerprint density at radius 1 is 1.20 bits per heavy atom. The zero-order chi connectivity index (χ0) is 18.4. The number of carbonyl (C=O) groups excluding carboxylic acids is 1. The molecule has 1 N–H and O–H groups in total. The van der Waals surface area contributed by atoms with Crippen molar-refractivity contribution < 1.29 is 4.79 Å². The number of carbonyl (C=O) groups is 1. The predicted molar refractivity (Wildman–Crippen MR) is 103 cm³/mol. The van der Waals surface area contributed by atoms with E-state index in [1.54, 1.807) is 10.9 Å². The van der Waals surface area contributed by atoms with Crippen LogP contribution in [0.4, 0.5) is 0 Å². The highest BCUT2D eigenvalue weighted by molar-refractivity contribution is 6.31. The van der Waals surface area contributed by atoms with E-state index in [1.807, 2.05) is 6.92 Å². The second-order valence-electron chi connectivity index (χ2n) is 6.58. The van der Waals surface area contributed by atoms with E-state index < -0.39 is 0 Å². The molecule has 0 aliphatic carbocycles. The summed E-state index contributed by atoms with van der Waals surface area (Å²) in [7, 11) is 0. The van der Waals surface area contributed by atoms with Gasteiger partial charge in [-0.2, -0.15) is 5.10 Å². The van der Waals surface area contributed by atoms with E-state index in [9.17, 15) is 4.79 Å². The van der Waals surface area contributed by atoms with E-state index in [4.69, 9.17) is 11.6 Å². The fourth-order valence-electron chi connectivity index (χ4n) is 2.80. The fraction of sp³-hybridized carbons (Fsp3) is 0.500. The number of nitrogens with one attached hydrogen (secondary N) is 1. The Hall–Kier alpha value is -1.81. The fourth-order valence-corrected chi connectivity index (χ4v) is 2.95. The first-order chi connectivity index (χ1) is 11.9. The molecule has 136 valence electrons. The minimum atomic E-state index is 0.0297. The minimum Gasteiger partial charge on any atom is -0.349 e. The first-order valence-corrected chi connectivity index (χ1v) is 9.41. The van der Waals surface area contributed by atoms with Crippen molar-refractivity contribution in [1.82, 2.24) is 15.1 Å². The number of hydrogen-bond acceptors (Lipinski definition) is 2. The molecule has 5 heteroatoms. The van der Waals surface area contributed by atoms with Gasteiger partial charge in [0, 0.05) is 19.2 Å². The van der Waals surface area contributed by atoms with E-state index in [-0.39, 0.29) is 11.9 Å². The maximum Gasteiger partial charge on any atom is 0.222 e. The predicted octanol–water partition coefficient (Wildman–Crippen LogP) is 5.02. The van der Waals surface area contributed by atoms with Crippen LogP contribution < -0.4 is 5.32 Å². The van der Waals surface area contributed by atoms with E-state index in [0.717, 1.165) is 24.1 Å². The van der Waals surface area contributed by atoms with Crippen molar-refractivity contribution in [3.05, 3.63) is 52.3 Å². The summed E-state index contributed by atoms with van der Waals surface area (Å²) >= 11 is 5.99. The molecule has 1 heterocycles. The van der Waals surface area contributed by atoms with Crippen molar-refractivity contribution in [2.45, 2.75) is 65.5 Å². The van der Waals surface area contributed by atoms with Gasteiger partial charge in [-0.15, -0.1) is 0 Å². The number of aromatic nitrogens is 2. The highest BCUT2D eigenvalue weighted by Crippen LogP contribution is 2.23. The molecule has 4 nitrogen and oxygen atoms in total. The number of hydrogen-bond donors (Lipinski definition) is 1. The van der Waals surface area contributed by atoms with Crippen molar-refractivity contribution in [3.8, 4) is 0 Å². The Labute approximate surface area is 155 Å². The number of amides is 1. The molecule has 1 aromatic heterocycles. The molecule has 0 fully saturated rings. The van der Waals surface area contributed by atoms with Crippen LogP contribution in [0.2, 0.25) is 5.02 Å². The van der Waals surface area contributed by atoms with Gasteiger partial charge in [0.1, 0.15) is 0 Å². The van der Waals surface area contributed by atoms with Crippen molar-refractivity contribution in [2.75, 3.05) is 0 Å². The number of aryl methyl sites for hydroxylation is 2. The summed E-state index contributed by atoms with van der Waals surface area (Å²) < 4.78 is 1.72. The van der Waals surface area contributed by atoms with Gasteiger partial charge in [0.25, 0.3) is 0 Å². The number of halogens is 1. The highest BCUT2D eigenvalue weighted by Gasteiger charge is 2.14. The largest absolute Gasteiger partial charge is 0.349 e. The van der Waals surface area contributed by atoms with Crippen molar-refractivity contribution in [2.24, 2.45) is 0 Å². The molecule has 0 saturated carbocycles. The van der Waals surface area contributed by atoms with Crippen LogP contribution in [0, 0.1) is 6.92 Å². The molecule has 25 heavy (non-hydrogen) atoms. The Bertz CT molecular complexity index is 674. The third-order valence-electron chi connectivity index (χ3n) is 4.72. The Balaban J connectivity index is 1.92. The zero-order valence-electron chi connectivity index (χ0n) is 15.6. The lowest BCUT2D eigenvalue weighted by Gasteiger charge is -2.19. The third kappa shape index (κ3) is 5.33. The van der Waals surface area contributed by atoms with Gasteiger partial charge in [0.15, 0.2) is 0 Å². The Kier molecular flexibility index (Phi) is 7.06. The lowest BCUT2D eigenvalue weighted by Crippen LogP contribution is -2.29. The van der Waals surface area contributed by atoms with E-state index in [2.05, 4.69) is 55.5 Å². The molecule has 0 radical (unpaired) electrons. The van der Waals surface area contributed by atoms with Crippen molar-refractivity contribution in [1.29, 1.82) is 0 Å². The summed E-state index contributed by atoms with van der Waals surface area (Å²) in [6.07, 6.45) is 4.14. The molecule has 2 unspecified atom stereocenters. The normalized spacial score (nSPS) is 13.5. The minimum absolute atomic E-state index is 0.0297. The quantitative estimate of drug-likeness (QED) is 0.717. The maximum atomic E-state index is 12.3. The zero-order valence-corrected chi connectivity index (χ0v) is 16.3. The molecular weight excluding hydrogens is 334 g/mol. The Morgan fingerprint density at radius 2 is 1.84 bits per heavy atom. The second kappa shape index (κ2) is 9.04. The van der Waals surface area contributed by atoms with Crippen molar-refractivity contribution in [3.63, 3.8) is 0 Å². The molecular formula is C20H28ClN3O. The lowest BCUT2D eigenvalue weighted by molar-refractivity contribution is -0.122. The van der Waals surface area contributed by atoms with Gasteiger partial charge < -0.3 is 5.32 Å². The molecule has 2 rings (SSSR count). The molecule has 2 aromatic rings. The van der Waals surface area contributed by atoms with Gasteiger partial charge in [-0.3, -0.25) is 9.48 Å². The molecule has 0 bridgehead atoms. The van der Waals surface area contributed by atoms with Crippen LogP contribution >= 0.6 is 11.6 Å². The highest BCUT2D eigenvalue weighted by atomic mass is 35.5. The molecule has 0 aliphatic heterocycles. The molecule has 1 amide bonds. The summed E-state index contributed by atoms with van der Waals surface area (Å²) in [5, 5.41) is 8.04. The maximum absolute atomic E-state index is 12.3. The van der Waals surface area contributed by atoms with Crippen LogP contribution in [0.15, 0.2) is 30.5 Å². The van der Waals surface area contributed by atoms with Crippen LogP contribution in [-0.2, 0) is 11.3 Å². The van der Waals surface area contributed by atoms with Gasteiger partial charge in [-0.25, -0.2) is 0 Å². The number of benzene rings is 1. The third-order valence-corrected chi connectivity index (χ3v) is 5.09. The number of rotatable bonds is 8. The average Bonchev–Trinajstić information content (AvgIpc) is 2.95. The summed E-state index contributed by atoms with van der Waals surface area (Å²) in [5.74, 6) is 0.593. The molecule has 0 saturated heterocycles. The van der Waals surface area contributed by atoms with Gasteiger partial charge >= 0.3 is 0 Å². The molecule has 2 atom stereocenters. The standard InChI is InChI=1S/C20H28ClN3O/c1-5-14(3)16-7-9-17(10-8-16)19(6-2)22-20(25)11-12-24-13-18(21)15(4)23-24/h7-10,13-14,19H,5-6,11-12H2,1-4H3,(H,22,25). The summed E-state index contributed by atoms with van der Waals surface area (Å²) in [5.41, 5.74) is 3.29. The first kappa shape index (κ1) is 19.5. The molecule has 1 aromatic carbocycles. The van der Waals surface area contributed by atoms with Crippen LogP contribution in [-0.4, -0.2) is 15.7 Å². The second-order valence-corrected chi connectivity index (χ2v) is 6.99. The monoisotopic (exact) mass is 361 g/mol. The summed E-state index contributed by atoms with van der Waals surface area (Å²) in [6, 6.07) is 8.65. The average molecular weight is 362 g/mol. The van der Waals surface area contributed by atoms with Crippen LogP contribution in [0.3, 0.4) is 0 Å². The van der Waals surface area contributed by atoms with Gasteiger partial charge in [0.2, 0.25) is 5.91 Å². The topological polar surface area (TPSA) is 46.9 Å². The van der Waals surface area contributed by atoms with Gasteiger partial charge in [0.05, 0.1) is 16.8 Å². The van der Waals surface area contributed by atoms with Crippen LogP contribution in [0.25, 0.3) is 0 Å².